The number of esters is 1. The monoisotopic (exact) mass is 446 g/mol. The van der Waals surface area contributed by atoms with Crippen molar-refractivity contribution in [2.75, 3.05) is 50.5 Å². The molecule has 0 aliphatic carbocycles. The zero-order chi connectivity index (χ0) is 21.4. The molecule has 3 atom stereocenters. The highest BCUT2D eigenvalue weighted by Crippen LogP contribution is 2.10. The first-order valence-electron chi connectivity index (χ1n) is 9.32. The van der Waals surface area contributed by atoms with Crippen LogP contribution in [0.5, 0.6) is 0 Å². The van der Waals surface area contributed by atoms with Crippen molar-refractivity contribution in [2.45, 2.75) is 39.9 Å². The van der Waals surface area contributed by atoms with E-state index in [0.717, 1.165) is 6.42 Å². The lowest BCUT2D eigenvalue weighted by molar-refractivity contribution is -0.150. The second-order valence-corrected chi connectivity index (χ2v) is 9.09. The molecule has 0 bridgehead atoms. The van der Waals surface area contributed by atoms with E-state index in [1.54, 1.807) is 6.92 Å². The Bertz CT molecular complexity index is 499. The molecule has 0 rings (SSSR count). The van der Waals surface area contributed by atoms with Gasteiger partial charge in [0.25, 0.3) is 10.1 Å². The summed E-state index contributed by atoms with van der Waals surface area (Å²) < 4.78 is 50.4. The molecule has 0 aliphatic rings. The molecule has 11 heteroatoms. The fourth-order valence-electron chi connectivity index (χ4n) is 1.77. The van der Waals surface area contributed by atoms with Crippen LogP contribution < -0.4 is 0 Å². The van der Waals surface area contributed by atoms with E-state index in [9.17, 15) is 18.3 Å². The van der Waals surface area contributed by atoms with E-state index in [1.807, 2.05) is 13.8 Å². The summed E-state index contributed by atoms with van der Waals surface area (Å²) in [7, 11) is -4.02. The van der Waals surface area contributed by atoms with Crippen LogP contribution in [-0.4, -0.2) is 80.8 Å². The predicted octanol–water partition coefficient (Wildman–Crippen LogP) is 1.55. The van der Waals surface area contributed by atoms with E-state index < -0.39 is 28.1 Å². The average Bonchev–Trinajstić information content (AvgIpc) is 2.64. The Hall–Kier alpha value is -0.430. The largest absolute Gasteiger partial charge is 0.465 e. The number of hydrogen-bond donors (Lipinski definition) is 2. The molecule has 9 nitrogen and oxygen atoms in total. The maximum absolute atomic E-state index is 11.7. The van der Waals surface area contributed by atoms with Gasteiger partial charge in [0.2, 0.25) is 0 Å². The molecule has 0 aromatic carbocycles. The first kappa shape index (κ1) is 27.6. The van der Waals surface area contributed by atoms with Gasteiger partial charge in [0, 0.05) is 17.4 Å². The molecule has 2 N–H and O–H groups in total. The standard InChI is InChI=1S/C17H34O9S2/c1-4-14(2)16(18)26-8-7-23-13-24-9-10-27-12-15(3)17(19)25-6-5-11-28(20,21)22/h14-16,18H,4-13H2,1-3H3,(H,20,21,22). The smallest absolute Gasteiger partial charge is 0.309 e. The van der Waals surface area contributed by atoms with Gasteiger partial charge in [-0.2, -0.15) is 20.2 Å². The third-order valence-corrected chi connectivity index (χ3v) is 5.74. The third kappa shape index (κ3) is 16.5. The summed E-state index contributed by atoms with van der Waals surface area (Å²) in [6.45, 7) is 6.83. The molecular formula is C17H34O9S2. The molecule has 0 amide bonds. The number of ether oxygens (including phenoxy) is 4. The van der Waals surface area contributed by atoms with E-state index >= 15 is 0 Å². The Labute approximate surface area is 172 Å². The summed E-state index contributed by atoms with van der Waals surface area (Å²) in [5, 5.41) is 9.61. The van der Waals surface area contributed by atoms with Crippen LogP contribution in [-0.2, 0) is 33.9 Å². The lowest BCUT2D eigenvalue weighted by Gasteiger charge is -2.17. The molecule has 0 saturated heterocycles. The minimum Gasteiger partial charge on any atom is -0.465 e. The quantitative estimate of drug-likeness (QED) is 0.138. The number of carbonyl (C=O) groups is 1. The topological polar surface area (TPSA) is 129 Å². The number of aliphatic hydroxyl groups is 1. The van der Waals surface area contributed by atoms with Crippen molar-refractivity contribution in [2.24, 2.45) is 11.8 Å². The van der Waals surface area contributed by atoms with Gasteiger partial charge in [0.05, 0.1) is 38.1 Å². The van der Waals surface area contributed by atoms with E-state index in [4.69, 9.17) is 23.5 Å². The molecule has 28 heavy (non-hydrogen) atoms. The van der Waals surface area contributed by atoms with Gasteiger partial charge in [-0.15, -0.1) is 0 Å². The Kier molecular flexibility index (Phi) is 16.1. The number of hydrogen-bond acceptors (Lipinski definition) is 9. The predicted molar refractivity (Wildman–Crippen MR) is 107 cm³/mol. The van der Waals surface area contributed by atoms with Crippen molar-refractivity contribution in [3.05, 3.63) is 0 Å². The van der Waals surface area contributed by atoms with Crippen LogP contribution in [0.4, 0.5) is 0 Å². The van der Waals surface area contributed by atoms with E-state index in [1.165, 1.54) is 11.8 Å². The van der Waals surface area contributed by atoms with Crippen molar-refractivity contribution in [3.63, 3.8) is 0 Å². The van der Waals surface area contributed by atoms with Crippen molar-refractivity contribution < 1.29 is 41.8 Å². The lowest BCUT2D eigenvalue weighted by atomic mass is 10.1. The van der Waals surface area contributed by atoms with Crippen LogP contribution in [0.25, 0.3) is 0 Å². The summed E-state index contributed by atoms with van der Waals surface area (Å²) in [6, 6.07) is 0. The Morgan fingerprint density at radius 2 is 1.79 bits per heavy atom. The molecule has 0 aromatic heterocycles. The lowest BCUT2D eigenvalue weighted by Crippen LogP contribution is -2.23. The van der Waals surface area contributed by atoms with Crippen LogP contribution >= 0.6 is 11.8 Å². The van der Waals surface area contributed by atoms with E-state index in [2.05, 4.69) is 0 Å². The van der Waals surface area contributed by atoms with E-state index in [0.29, 0.717) is 31.3 Å². The molecule has 0 aliphatic heterocycles. The summed E-state index contributed by atoms with van der Waals surface area (Å²) in [6.07, 6.45) is 0.134. The molecule has 0 aromatic rings. The van der Waals surface area contributed by atoms with Crippen LogP contribution in [0, 0.1) is 11.8 Å². The highest BCUT2D eigenvalue weighted by atomic mass is 32.2. The molecule has 0 spiro atoms. The molecule has 3 unspecified atom stereocenters. The molecular weight excluding hydrogens is 412 g/mol. The molecule has 0 saturated carbocycles. The van der Waals surface area contributed by atoms with E-state index in [-0.39, 0.29) is 31.7 Å². The molecule has 0 radical (unpaired) electrons. The number of aliphatic hydroxyl groups excluding tert-OH is 1. The fraction of sp³-hybridized carbons (Fsp3) is 0.941. The average molecular weight is 447 g/mol. The number of thioether (sulfide) groups is 1. The Balaban J connectivity index is 3.49. The number of carbonyl (C=O) groups excluding carboxylic acids is 1. The van der Waals surface area contributed by atoms with Crippen LogP contribution in [0.1, 0.15) is 33.6 Å². The van der Waals surface area contributed by atoms with Gasteiger partial charge in [-0.05, 0) is 12.8 Å². The highest BCUT2D eigenvalue weighted by molar-refractivity contribution is 7.99. The Morgan fingerprint density at radius 3 is 2.43 bits per heavy atom. The van der Waals surface area contributed by atoms with Crippen molar-refractivity contribution in [3.8, 4) is 0 Å². The first-order valence-corrected chi connectivity index (χ1v) is 12.1. The van der Waals surface area contributed by atoms with Gasteiger partial charge in [0.1, 0.15) is 6.79 Å². The van der Waals surface area contributed by atoms with Gasteiger partial charge in [-0.3, -0.25) is 9.35 Å². The maximum atomic E-state index is 11.7. The van der Waals surface area contributed by atoms with Crippen molar-refractivity contribution in [1.29, 1.82) is 0 Å². The maximum Gasteiger partial charge on any atom is 0.309 e. The minimum absolute atomic E-state index is 0.0355. The molecule has 0 fully saturated rings. The highest BCUT2D eigenvalue weighted by Gasteiger charge is 2.15. The second-order valence-electron chi connectivity index (χ2n) is 6.36. The van der Waals surface area contributed by atoms with Gasteiger partial charge in [-0.25, -0.2) is 0 Å². The van der Waals surface area contributed by atoms with Crippen molar-refractivity contribution in [1.82, 2.24) is 0 Å². The minimum atomic E-state index is -4.02. The molecule has 168 valence electrons. The summed E-state index contributed by atoms with van der Waals surface area (Å²) in [4.78, 5) is 11.7. The van der Waals surface area contributed by atoms with Gasteiger partial charge in [0.15, 0.2) is 6.29 Å². The summed E-state index contributed by atoms with van der Waals surface area (Å²) >= 11 is 1.54. The summed E-state index contributed by atoms with van der Waals surface area (Å²) in [5.41, 5.74) is 0. The van der Waals surface area contributed by atoms with Crippen LogP contribution in [0.3, 0.4) is 0 Å². The second kappa shape index (κ2) is 16.4. The number of rotatable bonds is 18. The van der Waals surface area contributed by atoms with Crippen molar-refractivity contribution >= 4 is 27.8 Å². The molecule has 0 heterocycles. The normalized spacial score (nSPS) is 15.2. The zero-order valence-corrected chi connectivity index (χ0v) is 18.5. The third-order valence-electron chi connectivity index (χ3n) is 3.75. The van der Waals surface area contributed by atoms with Gasteiger partial charge < -0.3 is 24.1 Å². The van der Waals surface area contributed by atoms with Crippen LogP contribution in [0.2, 0.25) is 0 Å². The first-order chi connectivity index (χ1) is 13.2. The van der Waals surface area contributed by atoms with Crippen LogP contribution in [0.15, 0.2) is 0 Å². The SMILES string of the molecule is CCC(C)C(O)OCCOCOCCSCC(C)C(=O)OCCCS(=O)(=O)O. The fourth-order valence-corrected chi connectivity index (χ4v) is 3.15. The summed E-state index contributed by atoms with van der Waals surface area (Å²) in [5.74, 6) is 0.195. The van der Waals surface area contributed by atoms with Gasteiger partial charge in [-0.1, -0.05) is 20.8 Å². The Morgan fingerprint density at radius 1 is 1.11 bits per heavy atom. The zero-order valence-electron chi connectivity index (χ0n) is 16.9. The van der Waals surface area contributed by atoms with Gasteiger partial charge >= 0.3 is 5.97 Å².